The van der Waals surface area contributed by atoms with Crippen LogP contribution in [-0.4, -0.2) is 12.6 Å². The van der Waals surface area contributed by atoms with E-state index in [9.17, 15) is 18.0 Å². The molecular formula is C12H9F3O2. The highest BCUT2D eigenvalue weighted by atomic mass is 19.4. The number of carbonyl (C=O) groups excluding carboxylic acids is 1. The smallest absolute Gasteiger partial charge is 0.416 e. The molecule has 1 aliphatic heterocycles. The summed E-state index contributed by atoms with van der Waals surface area (Å²) in [5.41, 5.74) is 0.0382. The van der Waals surface area contributed by atoms with Gasteiger partial charge in [-0.3, -0.25) is 0 Å². The summed E-state index contributed by atoms with van der Waals surface area (Å²) in [5.74, 6) is -0.456. The molecule has 0 unspecified atom stereocenters. The van der Waals surface area contributed by atoms with Gasteiger partial charge in [-0.1, -0.05) is 12.1 Å². The van der Waals surface area contributed by atoms with E-state index in [4.69, 9.17) is 4.74 Å². The van der Waals surface area contributed by atoms with E-state index in [1.807, 2.05) is 0 Å². The molecule has 1 heterocycles. The first-order valence-corrected chi connectivity index (χ1v) is 5.02. The summed E-state index contributed by atoms with van der Waals surface area (Å²) in [7, 11) is 0. The number of rotatable bonds is 1. The Hall–Kier alpha value is -1.78. The highest BCUT2D eigenvalue weighted by Crippen LogP contribution is 2.30. The van der Waals surface area contributed by atoms with Crippen molar-refractivity contribution in [3.63, 3.8) is 0 Å². The molecule has 1 aromatic rings. The second kappa shape index (κ2) is 4.24. The van der Waals surface area contributed by atoms with Gasteiger partial charge in [-0.15, -0.1) is 0 Å². The van der Waals surface area contributed by atoms with Gasteiger partial charge >= 0.3 is 12.1 Å². The van der Waals surface area contributed by atoms with Gasteiger partial charge in [0.15, 0.2) is 0 Å². The molecule has 1 aromatic carbocycles. The van der Waals surface area contributed by atoms with E-state index in [0.29, 0.717) is 24.2 Å². The van der Waals surface area contributed by atoms with Crippen LogP contribution in [-0.2, 0) is 15.7 Å². The van der Waals surface area contributed by atoms with Crippen molar-refractivity contribution in [1.82, 2.24) is 0 Å². The number of alkyl halides is 3. The van der Waals surface area contributed by atoms with Crippen LogP contribution in [0.1, 0.15) is 17.5 Å². The molecule has 2 rings (SSSR count). The average molecular weight is 242 g/mol. The standard InChI is InChI=1S/C12H9F3O2/c13-12(14,15)10-3-1-2-8(7-10)6-9-4-5-17-11(9)16/h1-3,6-7H,4-5H2/b9-6+. The molecule has 0 saturated carbocycles. The third-order valence-electron chi connectivity index (χ3n) is 2.42. The Balaban J connectivity index is 2.31. The molecule has 1 aliphatic rings. The van der Waals surface area contributed by atoms with Crippen LogP contribution < -0.4 is 0 Å². The van der Waals surface area contributed by atoms with Gasteiger partial charge in [0.2, 0.25) is 0 Å². The van der Waals surface area contributed by atoms with E-state index in [1.54, 1.807) is 0 Å². The lowest BCUT2D eigenvalue weighted by Gasteiger charge is -2.06. The minimum absolute atomic E-state index is 0.295. The van der Waals surface area contributed by atoms with E-state index >= 15 is 0 Å². The lowest BCUT2D eigenvalue weighted by atomic mass is 10.1. The first-order chi connectivity index (χ1) is 7.97. The summed E-state index contributed by atoms with van der Waals surface area (Å²) in [6.07, 6.45) is -2.50. The predicted octanol–water partition coefficient (Wildman–Crippen LogP) is 3.04. The first kappa shape index (κ1) is 11.7. The van der Waals surface area contributed by atoms with Crippen LogP contribution in [0, 0.1) is 0 Å². The van der Waals surface area contributed by atoms with Gasteiger partial charge in [0.25, 0.3) is 0 Å². The lowest BCUT2D eigenvalue weighted by Crippen LogP contribution is -2.04. The maximum atomic E-state index is 12.4. The molecule has 0 aromatic heterocycles. The molecule has 0 N–H and O–H groups in total. The summed E-state index contributed by atoms with van der Waals surface area (Å²) >= 11 is 0. The van der Waals surface area contributed by atoms with E-state index in [0.717, 1.165) is 12.1 Å². The van der Waals surface area contributed by atoms with Crippen LogP contribution in [0.25, 0.3) is 6.08 Å². The zero-order chi connectivity index (χ0) is 12.5. The molecule has 5 heteroatoms. The SMILES string of the molecule is O=C1OCC/C1=C\c1cccc(C(F)(F)F)c1. The molecule has 1 fully saturated rings. The van der Waals surface area contributed by atoms with Crippen LogP contribution in [0.5, 0.6) is 0 Å². The Morgan fingerprint density at radius 2 is 2.06 bits per heavy atom. The number of esters is 1. The number of carbonyl (C=O) groups is 1. The molecule has 0 radical (unpaired) electrons. The lowest BCUT2D eigenvalue weighted by molar-refractivity contribution is -0.137. The molecule has 0 bridgehead atoms. The molecule has 0 aliphatic carbocycles. The van der Waals surface area contributed by atoms with Gasteiger partial charge in [-0.25, -0.2) is 4.79 Å². The molecule has 0 atom stereocenters. The van der Waals surface area contributed by atoms with E-state index < -0.39 is 17.7 Å². The summed E-state index contributed by atoms with van der Waals surface area (Å²) < 4.78 is 42.0. The Morgan fingerprint density at radius 1 is 1.29 bits per heavy atom. The number of benzene rings is 1. The maximum absolute atomic E-state index is 12.4. The molecule has 17 heavy (non-hydrogen) atoms. The Labute approximate surface area is 95.7 Å². The predicted molar refractivity (Wildman–Crippen MR) is 55.0 cm³/mol. The highest BCUT2D eigenvalue weighted by Gasteiger charge is 2.30. The van der Waals surface area contributed by atoms with Crippen molar-refractivity contribution in [1.29, 1.82) is 0 Å². The van der Waals surface area contributed by atoms with Crippen molar-refractivity contribution in [2.75, 3.05) is 6.61 Å². The summed E-state index contributed by atoms with van der Waals surface area (Å²) in [6.45, 7) is 0.295. The monoisotopic (exact) mass is 242 g/mol. The third kappa shape index (κ3) is 2.67. The molecule has 2 nitrogen and oxygen atoms in total. The van der Waals surface area contributed by atoms with E-state index in [1.165, 1.54) is 18.2 Å². The number of ether oxygens (including phenoxy) is 1. The zero-order valence-electron chi connectivity index (χ0n) is 8.75. The maximum Gasteiger partial charge on any atom is 0.416 e. The fourth-order valence-corrected chi connectivity index (χ4v) is 1.59. The van der Waals surface area contributed by atoms with Gasteiger partial charge in [0, 0.05) is 12.0 Å². The Kier molecular flexibility index (Phi) is 2.92. The van der Waals surface area contributed by atoms with Crippen molar-refractivity contribution in [3.8, 4) is 0 Å². The quantitative estimate of drug-likeness (QED) is 0.559. The topological polar surface area (TPSA) is 26.3 Å². The van der Waals surface area contributed by atoms with Crippen LogP contribution >= 0.6 is 0 Å². The minimum atomic E-state index is -4.37. The number of cyclic esters (lactones) is 1. The Morgan fingerprint density at radius 3 is 2.65 bits per heavy atom. The normalized spacial score (nSPS) is 18.5. The van der Waals surface area contributed by atoms with Gasteiger partial charge in [0.1, 0.15) is 0 Å². The van der Waals surface area contributed by atoms with Crippen molar-refractivity contribution in [2.45, 2.75) is 12.6 Å². The van der Waals surface area contributed by atoms with E-state index in [2.05, 4.69) is 0 Å². The second-order valence-electron chi connectivity index (χ2n) is 3.68. The molecule has 0 amide bonds. The van der Waals surface area contributed by atoms with E-state index in [-0.39, 0.29) is 0 Å². The van der Waals surface area contributed by atoms with Crippen molar-refractivity contribution < 1.29 is 22.7 Å². The number of hydrogen-bond donors (Lipinski definition) is 0. The van der Waals surface area contributed by atoms with Gasteiger partial charge in [-0.2, -0.15) is 13.2 Å². The van der Waals surface area contributed by atoms with Gasteiger partial charge in [0.05, 0.1) is 12.2 Å². The summed E-state index contributed by atoms with van der Waals surface area (Å²) in [6, 6.07) is 4.84. The zero-order valence-corrected chi connectivity index (χ0v) is 8.75. The van der Waals surface area contributed by atoms with Crippen LogP contribution in [0.15, 0.2) is 29.8 Å². The van der Waals surface area contributed by atoms with Crippen LogP contribution in [0.4, 0.5) is 13.2 Å². The van der Waals surface area contributed by atoms with Crippen molar-refractivity contribution in [3.05, 3.63) is 41.0 Å². The van der Waals surface area contributed by atoms with Gasteiger partial charge in [-0.05, 0) is 23.8 Å². The molecule has 90 valence electrons. The number of halogens is 3. The summed E-state index contributed by atoms with van der Waals surface area (Å²) in [5, 5.41) is 0. The van der Waals surface area contributed by atoms with Gasteiger partial charge < -0.3 is 4.74 Å². The Bertz CT molecular complexity index is 475. The molecule has 1 saturated heterocycles. The number of hydrogen-bond acceptors (Lipinski definition) is 2. The molecular weight excluding hydrogens is 233 g/mol. The van der Waals surface area contributed by atoms with Crippen LogP contribution in [0.2, 0.25) is 0 Å². The fraction of sp³-hybridized carbons (Fsp3) is 0.250. The highest BCUT2D eigenvalue weighted by molar-refractivity contribution is 5.95. The molecule has 0 spiro atoms. The first-order valence-electron chi connectivity index (χ1n) is 5.02. The average Bonchev–Trinajstić information content (AvgIpc) is 2.64. The van der Waals surface area contributed by atoms with Crippen molar-refractivity contribution in [2.24, 2.45) is 0 Å². The fourth-order valence-electron chi connectivity index (χ4n) is 1.59. The second-order valence-corrected chi connectivity index (χ2v) is 3.68. The summed E-state index contributed by atoms with van der Waals surface area (Å²) in [4.78, 5) is 11.1. The van der Waals surface area contributed by atoms with Crippen LogP contribution in [0.3, 0.4) is 0 Å². The largest absolute Gasteiger partial charge is 0.462 e. The van der Waals surface area contributed by atoms with Crippen molar-refractivity contribution >= 4 is 12.0 Å². The third-order valence-corrected chi connectivity index (χ3v) is 2.42. The minimum Gasteiger partial charge on any atom is -0.462 e.